The fraction of sp³-hybridized carbons (Fsp3) is 0.167. The van der Waals surface area contributed by atoms with Crippen molar-refractivity contribution in [1.29, 1.82) is 0 Å². The Kier molecular flexibility index (Phi) is 5.76. The molecule has 10 heteroatoms. The summed E-state index contributed by atoms with van der Waals surface area (Å²) in [6.45, 7) is 8.02. The van der Waals surface area contributed by atoms with Crippen molar-refractivity contribution in [2.45, 2.75) is 24.4 Å². The van der Waals surface area contributed by atoms with Gasteiger partial charge in [-0.25, -0.2) is 9.64 Å². The van der Waals surface area contributed by atoms with E-state index in [-0.39, 0.29) is 27.6 Å². The van der Waals surface area contributed by atoms with Crippen molar-refractivity contribution < 1.29 is 23.1 Å². The second-order valence-electron chi connectivity index (χ2n) is 7.81. The molecule has 174 valence electrons. The van der Waals surface area contributed by atoms with Crippen LogP contribution in [0.2, 0.25) is 10.0 Å². The lowest BCUT2D eigenvalue weighted by Crippen LogP contribution is -2.66. The van der Waals surface area contributed by atoms with Crippen molar-refractivity contribution in [2.24, 2.45) is 0 Å². The van der Waals surface area contributed by atoms with Crippen LogP contribution in [0, 0.1) is 6.57 Å². The van der Waals surface area contributed by atoms with E-state index < -0.39 is 23.5 Å². The van der Waals surface area contributed by atoms with Gasteiger partial charge in [0.1, 0.15) is 0 Å². The molecule has 0 aliphatic carbocycles. The number of hydrogen-bond acceptors (Lipinski definition) is 2. The number of hydrogen-bond donors (Lipinski definition) is 1. The molecule has 1 saturated heterocycles. The van der Waals surface area contributed by atoms with Crippen molar-refractivity contribution in [1.82, 2.24) is 0 Å². The monoisotopic (exact) mass is 505 g/mol. The molecule has 1 N–H and O–H groups in total. The predicted molar refractivity (Wildman–Crippen MR) is 124 cm³/mol. The van der Waals surface area contributed by atoms with E-state index in [0.717, 1.165) is 13.0 Å². The SMILES string of the molecule is [C-]#[N+]c1cccc(C2(O)N(c3ccc(Cl)cc3)C(=O)N(c3ccc(Cl)cc3)[C@@]2(C)C(F)(F)F)c1. The summed E-state index contributed by atoms with van der Waals surface area (Å²) in [5.41, 5.74) is -6.55. The number of alkyl halides is 3. The minimum absolute atomic E-state index is 0.00361. The second-order valence-corrected chi connectivity index (χ2v) is 8.68. The van der Waals surface area contributed by atoms with E-state index in [0.29, 0.717) is 14.8 Å². The third-order valence-corrected chi connectivity index (χ3v) is 6.44. The van der Waals surface area contributed by atoms with Crippen LogP contribution < -0.4 is 9.80 Å². The zero-order chi connectivity index (χ0) is 24.9. The Labute approximate surface area is 203 Å². The molecular weight excluding hydrogens is 490 g/mol. The fourth-order valence-electron chi connectivity index (χ4n) is 4.18. The molecule has 2 atom stereocenters. The average molecular weight is 506 g/mol. The van der Waals surface area contributed by atoms with Crippen molar-refractivity contribution >= 4 is 46.3 Å². The molecule has 0 radical (unpaired) electrons. The summed E-state index contributed by atoms with van der Waals surface area (Å²) in [6.07, 6.45) is -5.12. The minimum atomic E-state index is -5.12. The molecule has 2 amide bonds. The summed E-state index contributed by atoms with van der Waals surface area (Å²) >= 11 is 11.9. The predicted octanol–water partition coefficient (Wildman–Crippen LogP) is 7.16. The normalized spacial score (nSPS) is 22.7. The van der Waals surface area contributed by atoms with Crippen LogP contribution in [0.25, 0.3) is 4.85 Å². The van der Waals surface area contributed by atoms with Gasteiger partial charge in [-0.2, -0.15) is 13.2 Å². The molecule has 1 aliphatic rings. The lowest BCUT2D eigenvalue weighted by Gasteiger charge is -2.45. The van der Waals surface area contributed by atoms with Gasteiger partial charge in [-0.1, -0.05) is 41.4 Å². The molecule has 1 aliphatic heterocycles. The number of carbonyl (C=O) groups excluding carboxylic acids is 1. The number of halogens is 5. The van der Waals surface area contributed by atoms with Crippen LogP contribution in [-0.2, 0) is 5.72 Å². The van der Waals surface area contributed by atoms with Crippen LogP contribution in [0.5, 0.6) is 0 Å². The van der Waals surface area contributed by atoms with Gasteiger partial charge in [0.2, 0.25) is 5.72 Å². The highest BCUT2D eigenvalue weighted by atomic mass is 35.5. The summed E-state index contributed by atoms with van der Waals surface area (Å²) in [6, 6.07) is 14.7. The smallest absolute Gasteiger partial charge is 0.364 e. The van der Waals surface area contributed by atoms with Crippen molar-refractivity contribution in [3.8, 4) is 0 Å². The molecule has 3 aromatic carbocycles. The number of carbonyl (C=O) groups is 1. The summed E-state index contributed by atoms with van der Waals surface area (Å²) in [7, 11) is 0. The molecule has 0 bridgehead atoms. The zero-order valence-corrected chi connectivity index (χ0v) is 19.0. The number of amides is 2. The standard InChI is InChI=1S/C24H16Cl2F3N3O2/c1-22(24(27,28)29)23(34,15-4-3-5-18(14-15)30-2)32(20-12-8-17(26)9-13-20)21(33)31(22)19-10-6-16(25)7-11-19/h3-14,34H,1H3/t22-,23?/m1/s1. The fourth-order valence-corrected chi connectivity index (χ4v) is 4.43. The van der Waals surface area contributed by atoms with Crippen molar-refractivity contribution in [3.63, 3.8) is 0 Å². The minimum Gasteiger partial charge on any atom is -0.364 e. The Bertz CT molecular complexity index is 1290. The first-order valence-electron chi connectivity index (χ1n) is 9.88. The number of benzene rings is 3. The Morgan fingerprint density at radius 1 is 0.912 bits per heavy atom. The summed E-state index contributed by atoms with van der Waals surface area (Å²) in [5, 5.41) is 12.6. The van der Waals surface area contributed by atoms with E-state index in [2.05, 4.69) is 4.85 Å². The van der Waals surface area contributed by atoms with Gasteiger partial charge in [-0.05, 0) is 67.1 Å². The van der Waals surface area contributed by atoms with E-state index in [1.807, 2.05) is 0 Å². The Hall–Kier alpha value is -3.25. The maximum Gasteiger partial charge on any atom is 0.416 e. The molecule has 0 aromatic heterocycles. The molecule has 3 aromatic rings. The van der Waals surface area contributed by atoms with Gasteiger partial charge >= 0.3 is 12.2 Å². The number of anilines is 2. The van der Waals surface area contributed by atoms with Gasteiger partial charge in [-0.3, -0.25) is 9.80 Å². The number of aliphatic hydroxyl groups is 1. The first-order valence-corrected chi connectivity index (χ1v) is 10.6. The first kappa shape index (κ1) is 23.9. The zero-order valence-electron chi connectivity index (χ0n) is 17.5. The van der Waals surface area contributed by atoms with Gasteiger partial charge < -0.3 is 5.11 Å². The van der Waals surface area contributed by atoms with Crippen LogP contribution in [0.1, 0.15) is 12.5 Å². The first-order chi connectivity index (χ1) is 15.9. The Morgan fingerprint density at radius 3 is 1.88 bits per heavy atom. The van der Waals surface area contributed by atoms with Crippen LogP contribution >= 0.6 is 23.2 Å². The summed E-state index contributed by atoms with van der Waals surface area (Å²) in [5.74, 6) is 0. The van der Waals surface area contributed by atoms with Gasteiger partial charge in [-0.15, -0.1) is 0 Å². The van der Waals surface area contributed by atoms with E-state index >= 15 is 0 Å². The molecule has 1 unspecified atom stereocenters. The van der Waals surface area contributed by atoms with E-state index in [1.54, 1.807) is 0 Å². The van der Waals surface area contributed by atoms with Gasteiger partial charge in [0, 0.05) is 21.4 Å². The maximum atomic E-state index is 15.0. The largest absolute Gasteiger partial charge is 0.416 e. The summed E-state index contributed by atoms with van der Waals surface area (Å²) in [4.78, 5) is 18.2. The highest BCUT2D eigenvalue weighted by molar-refractivity contribution is 6.31. The molecule has 4 rings (SSSR count). The van der Waals surface area contributed by atoms with Crippen LogP contribution in [0.4, 0.5) is 35.0 Å². The van der Waals surface area contributed by atoms with Crippen LogP contribution in [0.15, 0.2) is 72.8 Å². The lowest BCUT2D eigenvalue weighted by atomic mass is 9.81. The van der Waals surface area contributed by atoms with E-state index in [9.17, 15) is 23.1 Å². The quantitative estimate of drug-likeness (QED) is 0.384. The maximum absolute atomic E-state index is 15.0. The molecule has 1 fully saturated rings. The van der Waals surface area contributed by atoms with Crippen LogP contribution in [-0.4, -0.2) is 22.9 Å². The van der Waals surface area contributed by atoms with Crippen molar-refractivity contribution in [3.05, 3.63) is 99.8 Å². The van der Waals surface area contributed by atoms with Gasteiger partial charge in [0.05, 0.1) is 6.57 Å². The van der Waals surface area contributed by atoms with Gasteiger partial charge in [0.25, 0.3) is 0 Å². The third-order valence-electron chi connectivity index (χ3n) is 5.93. The molecular formula is C24H16Cl2F3N3O2. The van der Waals surface area contributed by atoms with Gasteiger partial charge in [0.15, 0.2) is 11.2 Å². The topological polar surface area (TPSA) is 48.1 Å². The highest BCUT2D eigenvalue weighted by Gasteiger charge is 2.77. The summed E-state index contributed by atoms with van der Waals surface area (Å²) < 4.78 is 44.9. The average Bonchev–Trinajstić information content (AvgIpc) is 2.99. The second kappa shape index (κ2) is 8.20. The number of urea groups is 1. The Morgan fingerprint density at radius 2 is 1.41 bits per heavy atom. The van der Waals surface area contributed by atoms with Crippen molar-refractivity contribution in [2.75, 3.05) is 9.80 Å². The molecule has 0 saturated carbocycles. The third kappa shape index (κ3) is 3.40. The van der Waals surface area contributed by atoms with Crippen LogP contribution in [0.3, 0.4) is 0 Å². The van der Waals surface area contributed by atoms with E-state index in [1.165, 1.54) is 66.7 Å². The van der Waals surface area contributed by atoms with E-state index in [4.69, 9.17) is 29.8 Å². The lowest BCUT2D eigenvalue weighted by molar-refractivity contribution is -0.227. The molecule has 5 nitrogen and oxygen atoms in total. The number of rotatable bonds is 3. The Balaban J connectivity index is 2.09. The number of nitrogens with zero attached hydrogens (tertiary/aromatic N) is 3. The molecule has 34 heavy (non-hydrogen) atoms. The highest BCUT2D eigenvalue weighted by Crippen LogP contribution is 2.57. The molecule has 0 spiro atoms. The molecule has 1 heterocycles.